The van der Waals surface area contributed by atoms with Gasteiger partial charge in [0.25, 0.3) is 0 Å². The van der Waals surface area contributed by atoms with E-state index in [9.17, 15) is 0 Å². The van der Waals surface area contributed by atoms with Gasteiger partial charge < -0.3 is 0 Å². The van der Waals surface area contributed by atoms with Gasteiger partial charge in [0.2, 0.25) is 0 Å². The van der Waals surface area contributed by atoms with Gasteiger partial charge in [-0.15, -0.1) is 11.3 Å². The van der Waals surface area contributed by atoms with Gasteiger partial charge in [-0.3, -0.25) is 9.67 Å². The van der Waals surface area contributed by atoms with E-state index in [4.69, 9.17) is 17.2 Å². The number of H-pyrrole nitrogens is 1. The van der Waals surface area contributed by atoms with Crippen LogP contribution in [0.4, 0.5) is 0 Å². The zero-order valence-corrected chi connectivity index (χ0v) is 13.1. The lowest BCUT2D eigenvalue weighted by molar-refractivity contribution is 0.597. The lowest BCUT2D eigenvalue weighted by atomic mass is 10.2. The maximum atomic E-state index is 5.34. The van der Waals surface area contributed by atoms with Gasteiger partial charge in [0.05, 0.1) is 15.6 Å². The first-order valence-corrected chi connectivity index (χ1v) is 8.01. The van der Waals surface area contributed by atoms with Gasteiger partial charge in [-0.1, -0.05) is 6.92 Å². The van der Waals surface area contributed by atoms with Crippen molar-refractivity contribution in [2.45, 2.75) is 52.0 Å². The van der Waals surface area contributed by atoms with E-state index < -0.39 is 0 Å². The lowest BCUT2D eigenvalue weighted by Gasteiger charge is -2.09. The van der Waals surface area contributed by atoms with Crippen molar-refractivity contribution in [3.05, 3.63) is 15.5 Å². The molecule has 102 valence electrons. The van der Waals surface area contributed by atoms with Crippen LogP contribution in [0.3, 0.4) is 0 Å². The second-order valence-corrected chi connectivity index (χ2v) is 6.74. The highest BCUT2D eigenvalue weighted by Crippen LogP contribution is 2.46. The van der Waals surface area contributed by atoms with Gasteiger partial charge in [0.1, 0.15) is 0 Å². The summed E-state index contributed by atoms with van der Waals surface area (Å²) in [5, 5.41) is 8.56. The van der Waals surface area contributed by atoms with Gasteiger partial charge in [0.15, 0.2) is 10.6 Å². The van der Waals surface area contributed by atoms with Crippen molar-refractivity contribution in [3.8, 4) is 10.7 Å². The predicted molar refractivity (Wildman–Crippen MR) is 80.3 cm³/mol. The summed E-state index contributed by atoms with van der Waals surface area (Å²) in [5.74, 6) is 1.59. The van der Waals surface area contributed by atoms with Crippen LogP contribution in [0, 0.1) is 4.77 Å². The molecule has 2 aromatic heterocycles. The SMILES string of the molecule is CCc1nc(C2CC2)c(-c2n[nH]c(=S)n2C(C)C)s1. The standard InChI is InChI=1S/C13H18N4S2/c1-4-9-14-10(8-5-6-8)11(19-9)12-15-16-13(18)17(12)7(2)3/h7-8H,4-6H2,1-3H3,(H,16,18). The van der Waals surface area contributed by atoms with Crippen LogP contribution in [-0.2, 0) is 6.42 Å². The first kappa shape index (κ1) is 13.0. The molecule has 0 bridgehead atoms. The summed E-state index contributed by atoms with van der Waals surface area (Å²) in [6, 6.07) is 0.306. The van der Waals surface area contributed by atoms with Crippen molar-refractivity contribution >= 4 is 23.6 Å². The van der Waals surface area contributed by atoms with E-state index in [1.165, 1.54) is 28.4 Å². The molecular weight excluding hydrogens is 276 g/mol. The van der Waals surface area contributed by atoms with Gasteiger partial charge in [-0.05, 0) is 45.3 Å². The molecule has 2 heterocycles. The van der Waals surface area contributed by atoms with Crippen molar-refractivity contribution < 1.29 is 0 Å². The molecule has 0 saturated heterocycles. The van der Waals surface area contributed by atoms with Crippen LogP contribution in [0.25, 0.3) is 10.7 Å². The number of rotatable bonds is 4. The first-order valence-electron chi connectivity index (χ1n) is 6.78. The van der Waals surface area contributed by atoms with Crippen molar-refractivity contribution in [3.63, 3.8) is 0 Å². The number of nitrogens with one attached hydrogen (secondary N) is 1. The maximum absolute atomic E-state index is 5.34. The first-order chi connectivity index (χ1) is 9.11. The molecule has 1 saturated carbocycles. The van der Waals surface area contributed by atoms with E-state index in [0.29, 0.717) is 16.7 Å². The molecule has 2 aromatic rings. The molecule has 0 amide bonds. The Hall–Kier alpha value is -1.01. The van der Waals surface area contributed by atoms with Crippen LogP contribution in [0.2, 0.25) is 0 Å². The molecule has 1 N–H and O–H groups in total. The molecule has 0 aliphatic heterocycles. The monoisotopic (exact) mass is 294 g/mol. The van der Waals surface area contributed by atoms with Gasteiger partial charge in [-0.2, -0.15) is 5.10 Å². The van der Waals surface area contributed by atoms with Crippen LogP contribution in [-0.4, -0.2) is 19.7 Å². The Kier molecular flexibility index (Phi) is 3.30. The minimum atomic E-state index is 0.306. The summed E-state index contributed by atoms with van der Waals surface area (Å²) in [4.78, 5) is 6.00. The van der Waals surface area contributed by atoms with E-state index >= 15 is 0 Å². The fraction of sp³-hybridized carbons (Fsp3) is 0.615. The van der Waals surface area contributed by atoms with Crippen LogP contribution < -0.4 is 0 Å². The molecule has 0 unspecified atom stereocenters. The molecule has 19 heavy (non-hydrogen) atoms. The molecule has 0 aromatic carbocycles. The predicted octanol–water partition coefficient (Wildman–Crippen LogP) is 4.08. The second kappa shape index (κ2) is 4.83. The number of aromatic nitrogens is 4. The fourth-order valence-electron chi connectivity index (χ4n) is 2.27. The normalized spacial score (nSPS) is 15.4. The minimum absolute atomic E-state index is 0.306. The summed E-state index contributed by atoms with van der Waals surface area (Å²) in [6.45, 7) is 6.42. The molecule has 1 fully saturated rings. The zero-order chi connectivity index (χ0) is 13.6. The van der Waals surface area contributed by atoms with Gasteiger partial charge in [-0.25, -0.2) is 4.98 Å². The van der Waals surface area contributed by atoms with E-state index in [1.54, 1.807) is 11.3 Å². The molecule has 1 aliphatic rings. The van der Waals surface area contributed by atoms with Crippen molar-refractivity contribution in [2.75, 3.05) is 0 Å². The average molecular weight is 294 g/mol. The third-order valence-electron chi connectivity index (χ3n) is 3.39. The minimum Gasteiger partial charge on any atom is -0.297 e. The van der Waals surface area contributed by atoms with E-state index in [-0.39, 0.29) is 0 Å². The van der Waals surface area contributed by atoms with Crippen molar-refractivity contribution in [2.24, 2.45) is 0 Å². The largest absolute Gasteiger partial charge is 0.297 e. The smallest absolute Gasteiger partial charge is 0.195 e. The molecule has 4 nitrogen and oxygen atoms in total. The fourth-order valence-corrected chi connectivity index (χ4v) is 3.69. The molecule has 0 spiro atoms. The molecule has 6 heteroatoms. The molecule has 0 atom stereocenters. The number of thiazole rings is 1. The quantitative estimate of drug-likeness (QED) is 0.864. The highest BCUT2D eigenvalue weighted by Gasteiger charge is 2.31. The van der Waals surface area contributed by atoms with Crippen LogP contribution in [0.15, 0.2) is 0 Å². The lowest BCUT2D eigenvalue weighted by Crippen LogP contribution is -2.03. The van der Waals surface area contributed by atoms with Crippen molar-refractivity contribution in [1.29, 1.82) is 0 Å². The topological polar surface area (TPSA) is 46.5 Å². The Morgan fingerprint density at radius 3 is 2.79 bits per heavy atom. The number of aryl methyl sites for hydroxylation is 1. The molecule has 3 rings (SSSR count). The average Bonchev–Trinajstić information content (AvgIpc) is 3.01. The van der Waals surface area contributed by atoms with Crippen LogP contribution in [0.5, 0.6) is 0 Å². The molecule has 0 radical (unpaired) electrons. The highest BCUT2D eigenvalue weighted by molar-refractivity contribution is 7.71. The van der Waals surface area contributed by atoms with Crippen LogP contribution in [0.1, 0.15) is 56.3 Å². The summed E-state index contributed by atoms with van der Waals surface area (Å²) in [5.41, 5.74) is 1.23. The number of nitrogens with zero attached hydrogens (tertiary/aromatic N) is 3. The zero-order valence-electron chi connectivity index (χ0n) is 11.4. The number of aromatic amines is 1. The number of hydrogen-bond donors (Lipinski definition) is 1. The third kappa shape index (κ3) is 2.27. The maximum Gasteiger partial charge on any atom is 0.195 e. The Morgan fingerprint density at radius 1 is 1.47 bits per heavy atom. The summed E-state index contributed by atoms with van der Waals surface area (Å²) in [6.07, 6.45) is 3.50. The van der Waals surface area contributed by atoms with Crippen LogP contribution >= 0.6 is 23.6 Å². The van der Waals surface area contributed by atoms with E-state index in [2.05, 4.69) is 35.5 Å². The molecule has 1 aliphatic carbocycles. The van der Waals surface area contributed by atoms with E-state index in [0.717, 1.165) is 12.2 Å². The van der Waals surface area contributed by atoms with Crippen molar-refractivity contribution in [1.82, 2.24) is 19.7 Å². The third-order valence-corrected chi connectivity index (χ3v) is 4.89. The van der Waals surface area contributed by atoms with Gasteiger partial charge >= 0.3 is 0 Å². The summed E-state index contributed by atoms with van der Waals surface area (Å²) >= 11 is 7.10. The highest BCUT2D eigenvalue weighted by atomic mass is 32.1. The Bertz CT molecular complexity index is 646. The second-order valence-electron chi connectivity index (χ2n) is 5.27. The summed E-state index contributed by atoms with van der Waals surface area (Å²) in [7, 11) is 0. The van der Waals surface area contributed by atoms with E-state index in [1.807, 2.05) is 0 Å². The Morgan fingerprint density at radius 2 is 2.21 bits per heavy atom. The van der Waals surface area contributed by atoms with Gasteiger partial charge in [0, 0.05) is 12.0 Å². The Balaban J connectivity index is 2.16. The summed E-state index contributed by atoms with van der Waals surface area (Å²) < 4.78 is 2.78. The Labute approximate surface area is 121 Å². The number of hydrogen-bond acceptors (Lipinski definition) is 4. The molecular formula is C13H18N4S2.